The highest BCUT2D eigenvalue weighted by Gasteiger charge is 2.06. The molecule has 0 spiro atoms. The minimum Gasteiger partial charge on any atom is -0.467 e. The lowest BCUT2D eigenvalue weighted by Gasteiger charge is -2.05. The highest BCUT2D eigenvalue weighted by atomic mass is 35.5. The van der Waals surface area contributed by atoms with Crippen molar-refractivity contribution in [3.05, 3.63) is 47.0 Å². The Balaban J connectivity index is 2.13. The number of furan rings is 1. The molecule has 2 aromatic rings. The molecule has 2 heterocycles. The first-order chi connectivity index (χ1) is 7.81. The first-order valence-electron chi connectivity index (χ1n) is 4.62. The van der Waals surface area contributed by atoms with Gasteiger partial charge in [-0.15, -0.1) is 0 Å². The van der Waals surface area contributed by atoms with E-state index in [1.165, 1.54) is 6.20 Å². The van der Waals surface area contributed by atoms with E-state index in [2.05, 4.69) is 10.3 Å². The average Bonchev–Trinajstić information content (AvgIpc) is 2.81. The number of pyridine rings is 1. The molecule has 0 unspecified atom stereocenters. The average molecular weight is 234 g/mol. The van der Waals surface area contributed by atoms with Crippen LogP contribution in [0.3, 0.4) is 0 Å². The van der Waals surface area contributed by atoms with E-state index in [0.29, 0.717) is 22.9 Å². The maximum Gasteiger partial charge on any atom is 0.146 e. The van der Waals surface area contributed by atoms with Crippen LogP contribution >= 0.6 is 11.6 Å². The number of halogens is 1. The highest BCUT2D eigenvalue weighted by molar-refractivity contribution is 6.34. The number of hydrogen-bond donors (Lipinski definition) is 1. The van der Waals surface area contributed by atoms with Crippen molar-refractivity contribution in [1.29, 1.82) is 5.26 Å². The fourth-order valence-electron chi connectivity index (χ4n) is 1.24. The molecule has 0 aliphatic heterocycles. The third kappa shape index (κ3) is 2.15. The van der Waals surface area contributed by atoms with Gasteiger partial charge in [0.05, 0.1) is 18.4 Å². The zero-order valence-electron chi connectivity index (χ0n) is 8.27. The van der Waals surface area contributed by atoms with E-state index in [1.54, 1.807) is 18.4 Å². The van der Waals surface area contributed by atoms with Crippen LogP contribution in [0.1, 0.15) is 11.3 Å². The highest BCUT2D eigenvalue weighted by Crippen LogP contribution is 2.23. The molecule has 80 valence electrons. The fraction of sp³-hybridized carbons (Fsp3) is 0.0909. The summed E-state index contributed by atoms with van der Waals surface area (Å²) in [6.07, 6.45) is 3.13. The molecule has 0 fully saturated rings. The molecule has 2 aromatic heterocycles. The number of nitriles is 1. The van der Waals surface area contributed by atoms with Gasteiger partial charge in [-0.05, 0) is 18.2 Å². The molecule has 5 heteroatoms. The standard InChI is InChI=1S/C11H8ClN3O/c12-10-8(6-13)3-4-14-11(10)15-7-9-2-1-5-16-9/h1-5H,7H2,(H,14,15). The van der Waals surface area contributed by atoms with E-state index >= 15 is 0 Å². The molecule has 0 bridgehead atoms. The molecule has 0 saturated heterocycles. The summed E-state index contributed by atoms with van der Waals surface area (Å²) >= 11 is 5.97. The quantitative estimate of drug-likeness (QED) is 0.886. The van der Waals surface area contributed by atoms with Crippen molar-refractivity contribution in [3.63, 3.8) is 0 Å². The molecule has 1 N–H and O–H groups in total. The van der Waals surface area contributed by atoms with Gasteiger partial charge in [-0.25, -0.2) is 4.98 Å². The topological polar surface area (TPSA) is 61.9 Å². The van der Waals surface area contributed by atoms with Gasteiger partial charge >= 0.3 is 0 Å². The molecule has 16 heavy (non-hydrogen) atoms. The summed E-state index contributed by atoms with van der Waals surface area (Å²) in [5.74, 6) is 1.26. The van der Waals surface area contributed by atoms with Gasteiger partial charge in [-0.3, -0.25) is 0 Å². The summed E-state index contributed by atoms with van der Waals surface area (Å²) < 4.78 is 5.15. The summed E-state index contributed by atoms with van der Waals surface area (Å²) in [6.45, 7) is 0.481. The van der Waals surface area contributed by atoms with Gasteiger partial charge in [0.1, 0.15) is 22.7 Å². The van der Waals surface area contributed by atoms with Gasteiger partial charge in [0.25, 0.3) is 0 Å². The minimum atomic E-state index is 0.330. The third-order valence-electron chi connectivity index (χ3n) is 2.02. The lowest BCUT2D eigenvalue weighted by Crippen LogP contribution is -2.01. The fourth-order valence-corrected chi connectivity index (χ4v) is 1.46. The molecule has 0 amide bonds. The van der Waals surface area contributed by atoms with Crippen molar-refractivity contribution < 1.29 is 4.42 Å². The summed E-state index contributed by atoms with van der Waals surface area (Å²) in [7, 11) is 0. The zero-order valence-corrected chi connectivity index (χ0v) is 9.03. The molecular weight excluding hydrogens is 226 g/mol. The second kappa shape index (κ2) is 4.69. The van der Waals surface area contributed by atoms with Crippen LogP contribution in [0.25, 0.3) is 0 Å². The van der Waals surface area contributed by atoms with Crippen molar-refractivity contribution in [3.8, 4) is 6.07 Å². The number of hydrogen-bond acceptors (Lipinski definition) is 4. The lowest BCUT2D eigenvalue weighted by molar-refractivity contribution is 0.518. The maximum atomic E-state index is 8.79. The first kappa shape index (κ1) is 10.5. The Morgan fingerprint density at radius 1 is 1.50 bits per heavy atom. The maximum absolute atomic E-state index is 8.79. The Morgan fingerprint density at radius 3 is 3.06 bits per heavy atom. The van der Waals surface area contributed by atoms with Crippen LogP contribution in [-0.4, -0.2) is 4.98 Å². The number of aromatic nitrogens is 1. The van der Waals surface area contributed by atoms with Crippen LogP contribution in [0.2, 0.25) is 5.02 Å². The smallest absolute Gasteiger partial charge is 0.146 e. The summed E-state index contributed by atoms with van der Waals surface area (Å²) in [6, 6.07) is 7.21. The number of nitrogens with zero attached hydrogens (tertiary/aromatic N) is 2. The Hall–Kier alpha value is -1.99. The summed E-state index contributed by atoms with van der Waals surface area (Å²) in [5, 5.41) is 12.1. The van der Waals surface area contributed by atoms with Crippen molar-refractivity contribution in [2.45, 2.75) is 6.54 Å². The predicted octanol–water partition coefficient (Wildman–Crippen LogP) is 2.81. The molecule has 0 radical (unpaired) electrons. The summed E-state index contributed by atoms with van der Waals surface area (Å²) in [4.78, 5) is 4.05. The van der Waals surface area contributed by atoms with Crippen LogP contribution in [0.5, 0.6) is 0 Å². The second-order valence-corrected chi connectivity index (χ2v) is 3.44. The molecule has 2 rings (SSSR count). The monoisotopic (exact) mass is 233 g/mol. The first-order valence-corrected chi connectivity index (χ1v) is 5.00. The van der Waals surface area contributed by atoms with Gasteiger partial charge in [0, 0.05) is 6.20 Å². The SMILES string of the molecule is N#Cc1ccnc(NCc2ccco2)c1Cl. The number of anilines is 1. The van der Waals surface area contributed by atoms with Crippen molar-refractivity contribution in [2.24, 2.45) is 0 Å². The van der Waals surface area contributed by atoms with Gasteiger partial charge in [-0.2, -0.15) is 5.26 Å². The minimum absolute atomic E-state index is 0.330. The van der Waals surface area contributed by atoms with Crippen molar-refractivity contribution in [2.75, 3.05) is 5.32 Å². The van der Waals surface area contributed by atoms with Crippen molar-refractivity contribution >= 4 is 17.4 Å². The van der Waals surface area contributed by atoms with Crippen LogP contribution in [0.15, 0.2) is 35.1 Å². The Labute approximate surface area is 97.5 Å². The summed E-state index contributed by atoms with van der Waals surface area (Å²) in [5.41, 5.74) is 0.401. The largest absolute Gasteiger partial charge is 0.467 e. The van der Waals surface area contributed by atoms with Gasteiger partial charge < -0.3 is 9.73 Å². The van der Waals surface area contributed by atoms with Crippen LogP contribution in [-0.2, 0) is 6.54 Å². The number of nitrogens with one attached hydrogen (secondary N) is 1. The van der Waals surface area contributed by atoms with E-state index in [4.69, 9.17) is 21.3 Å². The molecular formula is C11H8ClN3O. The van der Waals surface area contributed by atoms with E-state index in [0.717, 1.165) is 5.76 Å². The van der Waals surface area contributed by atoms with Crippen LogP contribution in [0.4, 0.5) is 5.82 Å². The zero-order chi connectivity index (χ0) is 11.4. The molecule has 0 aliphatic rings. The van der Waals surface area contributed by atoms with Gasteiger partial charge in [-0.1, -0.05) is 11.6 Å². The second-order valence-electron chi connectivity index (χ2n) is 3.07. The normalized spacial score (nSPS) is 9.75. The molecule has 0 aliphatic carbocycles. The lowest BCUT2D eigenvalue weighted by atomic mass is 10.3. The van der Waals surface area contributed by atoms with Crippen LogP contribution < -0.4 is 5.32 Å². The predicted molar refractivity (Wildman–Crippen MR) is 60.0 cm³/mol. The van der Waals surface area contributed by atoms with Gasteiger partial charge in [0.15, 0.2) is 0 Å². The van der Waals surface area contributed by atoms with Crippen LogP contribution in [0, 0.1) is 11.3 Å². The Bertz CT molecular complexity index is 517. The third-order valence-corrected chi connectivity index (χ3v) is 2.40. The van der Waals surface area contributed by atoms with E-state index in [-0.39, 0.29) is 0 Å². The Kier molecular flexibility index (Phi) is 3.08. The van der Waals surface area contributed by atoms with E-state index in [1.807, 2.05) is 12.1 Å². The molecule has 0 saturated carbocycles. The molecule has 0 atom stereocenters. The van der Waals surface area contributed by atoms with Crippen molar-refractivity contribution in [1.82, 2.24) is 4.98 Å². The van der Waals surface area contributed by atoms with E-state index < -0.39 is 0 Å². The molecule has 4 nitrogen and oxygen atoms in total. The van der Waals surface area contributed by atoms with Gasteiger partial charge in [0.2, 0.25) is 0 Å². The number of rotatable bonds is 3. The molecule has 0 aromatic carbocycles. The van der Waals surface area contributed by atoms with E-state index in [9.17, 15) is 0 Å². The Morgan fingerprint density at radius 2 is 2.38 bits per heavy atom.